The minimum absolute atomic E-state index is 0.135. The lowest BCUT2D eigenvalue weighted by Crippen LogP contribution is -2.18. The lowest BCUT2D eigenvalue weighted by Gasteiger charge is -2.12. The Bertz CT molecular complexity index is 670. The molecule has 0 aliphatic carbocycles. The minimum Gasteiger partial charge on any atom is -0.478 e. The second-order valence-corrected chi connectivity index (χ2v) is 3.79. The van der Waals surface area contributed by atoms with Crippen LogP contribution < -0.4 is 4.74 Å². The predicted octanol–water partition coefficient (Wildman–Crippen LogP) is 2.98. The van der Waals surface area contributed by atoms with Gasteiger partial charge in [0, 0.05) is 13.3 Å². The number of pyridine rings is 1. The second kappa shape index (κ2) is 4.87. The molecule has 2 N–H and O–H groups in total. The van der Waals surface area contributed by atoms with E-state index in [4.69, 9.17) is 6.48 Å². The Balaban J connectivity index is 2.56. The lowest BCUT2D eigenvalue weighted by molar-refractivity contribution is -0.274. The highest BCUT2D eigenvalue weighted by Gasteiger charge is 2.33. The van der Waals surface area contributed by atoms with Gasteiger partial charge in [-0.05, 0) is 25.1 Å². The van der Waals surface area contributed by atoms with Crippen LogP contribution in [0.2, 0.25) is 0 Å². The van der Waals surface area contributed by atoms with E-state index < -0.39 is 18.1 Å². The zero-order valence-electron chi connectivity index (χ0n) is 10.9. The fourth-order valence-corrected chi connectivity index (χ4v) is 1.65. The minimum atomic E-state index is -4.92. The number of H-pyrrole nitrogens is 1. The van der Waals surface area contributed by atoms with Gasteiger partial charge in [0.15, 0.2) is 5.75 Å². The van der Waals surface area contributed by atoms with Gasteiger partial charge in [-0.25, -0.2) is 4.79 Å². The Morgan fingerprint density at radius 2 is 2.30 bits per heavy atom. The van der Waals surface area contributed by atoms with E-state index in [9.17, 15) is 18.0 Å². The summed E-state index contributed by atoms with van der Waals surface area (Å²) >= 11 is 0. The van der Waals surface area contributed by atoms with Crippen LogP contribution in [0.15, 0.2) is 24.4 Å². The third-order valence-corrected chi connectivity index (χ3v) is 2.34. The van der Waals surface area contributed by atoms with E-state index in [1.54, 1.807) is 0 Å². The van der Waals surface area contributed by atoms with E-state index in [-0.39, 0.29) is 29.5 Å². The van der Waals surface area contributed by atoms with Crippen molar-refractivity contribution in [2.75, 3.05) is 0 Å². The topological polar surface area (TPSA) is 75.2 Å². The number of aromatic amines is 1. The number of rotatable bonds is 3. The molecule has 2 heterocycles. The summed E-state index contributed by atoms with van der Waals surface area (Å²) in [5.74, 6) is -1.96. The number of ether oxygens (including phenoxy) is 1. The van der Waals surface area contributed by atoms with Crippen LogP contribution in [0.3, 0.4) is 0 Å². The third kappa shape index (κ3) is 2.90. The number of halogens is 3. The molecule has 2 aromatic heterocycles. The molecule has 0 saturated heterocycles. The normalized spacial score (nSPS) is 12.1. The van der Waals surface area contributed by atoms with Gasteiger partial charge < -0.3 is 14.8 Å². The molecule has 0 unspecified atom stereocenters. The molecule has 0 spiro atoms. The maximum atomic E-state index is 12.4. The van der Waals surface area contributed by atoms with Crippen LogP contribution in [0.1, 0.15) is 17.4 Å². The number of nitrogens with zero attached hydrogens (tertiary/aromatic N) is 1. The summed E-state index contributed by atoms with van der Waals surface area (Å²) in [6.07, 6.45) is -3.71. The van der Waals surface area contributed by atoms with E-state index in [1.165, 1.54) is 18.3 Å². The Kier molecular flexibility index (Phi) is 3.05. The first kappa shape index (κ1) is 12.5. The number of carboxylic acid groups (broad SMARTS) is 1. The van der Waals surface area contributed by atoms with Crippen LogP contribution in [0.5, 0.6) is 5.75 Å². The number of nitrogens with one attached hydrogen (secondary N) is 1. The molecule has 0 atom stereocenters. The molecule has 0 aliphatic rings. The van der Waals surface area contributed by atoms with E-state index in [0.29, 0.717) is 0 Å². The van der Waals surface area contributed by atoms with Crippen molar-refractivity contribution < 1.29 is 29.2 Å². The number of hydrogen-bond donors (Lipinski definition) is 2. The van der Waals surface area contributed by atoms with E-state index in [0.717, 1.165) is 6.07 Å². The monoisotopic (exact) mass is 287 g/mol. The average molecular weight is 287 g/mol. The van der Waals surface area contributed by atoms with Crippen molar-refractivity contribution in [1.82, 2.24) is 9.97 Å². The van der Waals surface area contributed by atoms with E-state index in [2.05, 4.69) is 14.7 Å². The highest BCUT2D eigenvalue weighted by molar-refractivity contribution is 5.95. The number of aromatic nitrogens is 2. The van der Waals surface area contributed by atoms with E-state index in [1.807, 2.05) is 0 Å². The number of carboxylic acids is 1. The van der Waals surface area contributed by atoms with Crippen molar-refractivity contribution in [1.29, 1.82) is 0 Å². The molecule has 2 rings (SSSR count). The van der Waals surface area contributed by atoms with Crippen LogP contribution in [-0.2, 0) is 0 Å². The average Bonchev–Trinajstić information content (AvgIpc) is 2.81. The Labute approximate surface area is 112 Å². The summed E-state index contributed by atoms with van der Waals surface area (Å²) in [6, 6.07) is 3.44. The maximum absolute atomic E-state index is 12.4. The molecule has 20 heavy (non-hydrogen) atoms. The molecule has 8 heteroatoms. The van der Waals surface area contributed by atoms with Crippen molar-refractivity contribution in [3.05, 3.63) is 35.7 Å². The smallest absolute Gasteiger partial charge is 0.478 e. The molecule has 0 aliphatic heterocycles. The van der Waals surface area contributed by atoms with Gasteiger partial charge in [-0.2, -0.15) is 0 Å². The van der Waals surface area contributed by atoms with Crippen LogP contribution in [0.25, 0.3) is 11.4 Å². The molecule has 0 aromatic carbocycles. The molecule has 0 bridgehead atoms. The van der Waals surface area contributed by atoms with Gasteiger partial charge in [0.25, 0.3) is 0 Å². The Hall–Kier alpha value is -2.51. The number of hydrogen-bond acceptors (Lipinski definition) is 3. The zero-order chi connectivity index (χ0) is 15.6. The summed E-state index contributed by atoms with van der Waals surface area (Å²) in [7, 11) is 0. The summed E-state index contributed by atoms with van der Waals surface area (Å²) in [6.45, 7) is -0.247. The summed E-state index contributed by atoms with van der Waals surface area (Å²) < 4.78 is 48.1. The van der Waals surface area contributed by atoms with Crippen molar-refractivity contribution >= 4 is 5.97 Å². The predicted molar refractivity (Wildman–Crippen MR) is 62.4 cm³/mol. The van der Waals surface area contributed by atoms with E-state index >= 15 is 0 Å². The van der Waals surface area contributed by atoms with Gasteiger partial charge in [-0.15, -0.1) is 13.2 Å². The molecular formula is C12H9F3N2O3. The summed E-state index contributed by atoms with van der Waals surface area (Å²) in [5.41, 5.74) is -0.453. The first-order valence-electron chi connectivity index (χ1n) is 5.98. The third-order valence-electron chi connectivity index (χ3n) is 2.34. The van der Waals surface area contributed by atoms with Gasteiger partial charge in [-0.3, -0.25) is 4.98 Å². The molecule has 5 nitrogen and oxygen atoms in total. The molecule has 0 saturated carbocycles. The van der Waals surface area contributed by atoms with Crippen molar-refractivity contribution in [3.8, 4) is 17.1 Å². The maximum Gasteiger partial charge on any atom is 0.573 e. The van der Waals surface area contributed by atoms with Crippen LogP contribution in [-0.4, -0.2) is 27.4 Å². The molecule has 106 valence electrons. The van der Waals surface area contributed by atoms with Crippen molar-refractivity contribution in [3.63, 3.8) is 0 Å². The van der Waals surface area contributed by atoms with Gasteiger partial charge in [0.05, 0.1) is 11.3 Å². The van der Waals surface area contributed by atoms with Crippen LogP contribution in [0, 0.1) is 6.90 Å². The summed E-state index contributed by atoms with van der Waals surface area (Å²) in [5, 5.41) is 9.09. The fraction of sp³-hybridized carbons (Fsp3) is 0.167. The highest BCUT2D eigenvalue weighted by atomic mass is 19.4. The first-order chi connectivity index (χ1) is 9.81. The van der Waals surface area contributed by atoms with Crippen molar-refractivity contribution in [2.24, 2.45) is 0 Å². The van der Waals surface area contributed by atoms with Gasteiger partial charge in [-0.1, -0.05) is 0 Å². The fourth-order valence-electron chi connectivity index (χ4n) is 1.65. The summed E-state index contributed by atoms with van der Waals surface area (Å²) in [4.78, 5) is 17.5. The number of aryl methyl sites for hydroxylation is 1. The molecule has 0 fully saturated rings. The Morgan fingerprint density at radius 1 is 1.55 bits per heavy atom. The first-order valence-corrected chi connectivity index (χ1v) is 5.27. The molecule has 0 amide bonds. The standard InChI is InChI=1S/C12H9F3N2O3/c1-6-5-7(11(18)19)9(17-6)10-8(3-2-4-16-10)20-12(13,14)15/h2-5,17H,1H3,(H,18,19)/i1D. The SMILES string of the molecule is [2H]Cc1cc(C(=O)O)c(-c2ncccc2OC(F)(F)F)[nH]1. The lowest BCUT2D eigenvalue weighted by atomic mass is 10.1. The van der Waals surface area contributed by atoms with Crippen LogP contribution >= 0.6 is 0 Å². The van der Waals surface area contributed by atoms with Crippen LogP contribution in [0.4, 0.5) is 13.2 Å². The highest BCUT2D eigenvalue weighted by Crippen LogP contribution is 2.33. The van der Waals surface area contributed by atoms with Crippen molar-refractivity contribution in [2.45, 2.75) is 13.3 Å². The quantitative estimate of drug-likeness (QED) is 0.910. The van der Waals surface area contributed by atoms with Gasteiger partial charge in [0.1, 0.15) is 5.69 Å². The molecular weight excluding hydrogens is 277 g/mol. The zero-order valence-corrected chi connectivity index (χ0v) is 9.86. The molecule has 2 aromatic rings. The largest absolute Gasteiger partial charge is 0.573 e. The number of alkyl halides is 3. The number of carbonyl (C=O) groups is 1. The van der Waals surface area contributed by atoms with Gasteiger partial charge in [0.2, 0.25) is 0 Å². The van der Waals surface area contributed by atoms with Gasteiger partial charge >= 0.3 is 12.3 Å². The molecule has 0 radical (unpaired) electrons. The second-order valence-electron chi connectivity index (χ2n) is 3.79. The number of aromatic carboxylic acids is 1. The Morgan fingerprint density at radius 3 is 2.90 bits per heavy atom.